The smallest absolute Gasteiger partial charge is 0.321 e. The number of urea groups is 1. The van der Waals surface area contributed by atoms with Crippen molar-refractivity contribution in [2.75, 3.05) is 36.8 Å². The molecule has 0 aliphatic carbocycles. The third kappa shape index (κ3) is 6.02. The largest absolute Gasteiger partial charge is 0.368 e. The number of carbonyl (C=O) groups excluding carboxylic acids is 2. The van der Waals surface area contributed by atoms with E-state index in [2.05, 4.69) is 15.5 Å². The topological polar surface area (TPSA) is 116 Å². The van der Waals surface area contributed by atoms with Gasteiger partial charge in [-0.1, -0.05) is 26.0 Å². The highest BCUT2D eigenvalue weighted by Gasteiger charge is 2.24. The molecule has 0 unspecified atom stereocenters. The number of halogens is 1. The van der Waals surface area contributed by atoms with Crippen LogP contribution in [-0.2, 0) is 11.3 Å². The molecule has 2 heterocycles. The molecule has 1 saturated heterocycles. The zero-order valence-corrected chi connectivity index (χ0v) is 19.9. The van der Waals surface area contributed by atoms with E-state index in [1.54, 1.807) is 4.90 Å². The number of carbonyl (C=O) groups is 2. The monoisotopic (exact) mass is 479 g/mol. The predicted octanol–water partition coefficient (Wildman–Crippen LogP) is 3.04. The van der Waals surface area contributed by atoms with Gasteiger partial charge in [0.25, 0.3) is 0 Å². The molecule has 1 fully saturated rings. The van der Waals surface area contributed by atoms with Crippen molar-refractivity contribution < 1.29 is 14.0 Å². The molecule has 0 radical (unpaired) electrons. The minimum Gasteiger partial charge on any atom is -0.368 e. The first-order valence-corrected chi connectivity index (χ1v) is 11.7. The Kier molecular flexibility index (Phi) is 7.40. The Balaban J connectivity index is 1.42. The van der Waals surface area contributed by atoms with Crippen LogP contribution in [0.1, 0.15) is 19.7 Å². The first-order chi connectivity index (χ1) is 16.8. The minimum absolute atomic E-state index is 0.00110. The summed E-state index contributed by atoms with van der Waals surface area (Å²) in [6.07, 6.45) is 0. The number of amides is 3. The molecule has 1 aliphatic rings. The highest BCUT2D eigenvalue weighted by molar-refractivity contribution is 5.92. The van der Waals surface area contributed by atoms with E-state index >= 15 is 0 Å². The third-order valence-corrected chi connectivity index (χ3v) is 6.03. The van der Waals surface area contributed by atoms with E-state index in [9.17, 15) is 14.0 Å². The zero-order valence-electron chi connectivity index (χ0n) is 19.9. The molecule has 0 spiro atoms. The molecule has 9 nitrogen and oxygen atoms in total. The third-order valence-electron chi connectivity index (χ3n) is 6.03. The van der Waals surface area contributed by atoms with E-state index in [0.29, 0.717) is 50.1 Å². The van der Waals surface area contributed by atoms with Gasteiger partial charge in [-0.3, -0.25) is 9.69 Å². The fourth-order valence-electron chi connectivity index (χ4n) is 4.06. The second-order valence-electron chi connectivity index (χ2n) is 8.97. The van der Waals surface area contributed by atoms with Crippen molar-refractivity contribution in [2.45, 2.75) is 26.4 Å². The molecule has 2 aromatic carbocycles. The number of nitrogens with zero attached hydrogens (tertiary/aromatic N) is 4. The van der Waals surface area contributed by atoms with Crippen LogP contribution in [0, 0.1) is 11.7 Å². The van der Waals surface area contributed by atoms with Gasteiger partial charge in [-0.2, -0.15) is 0 Å². The van der Waals surface area contributed by atoms with Crippen LogP contribution in [-0.4, -0.2) is 63.9 Å². The number of primary amides is 1. The quantitative estimate of drug-likeness (QED) is 0.480. The van der Waals surface area contributed by atoms with Crippen molar-refractivity contribution in [3.8, 4) is 0 Å². The fraction of sp³-hybridized carbons (Fsp3) is 0.360. The number of piperazine rings is 1. The lowest BCUT2D eigenvalue weighted by Crippen LogP contribution is -2.49. The van der Waals surface area contributed by atoms with Crippen molar-refractivity contribution in [2.24, 2.45) is 11.7 Å². The lowest BCUT2D eigenvalue weighted by molar-refractivity contribution is -0.119. The summed E-state index contributed by atoms with van der Waals surface area (Å²) >= 11 is 0. The second-order valence-corrected chi connectivity index (χ2v) is 8.97. The maximum atomic E-state index is 13.1. The van der Waals surface area contributed by atoms with Crippen molar-refractivity contribution in [3.05, 3.63) is 60.2 Å². The molecular formula is C25H30FN7O2. The molecule has 184 valence electrons. The molecule has 10 heteroatoms. The highest BCUT2D eigenvalue weighted by Crippen LogP contribution is 2.23. The van der Waals surface area contributed by atoms with Gasteiger partial charge in [0, 0.05) is 37.3 Å². The van der Waals surface area contributed by atoms with E-state index in [4.69, 9.17) is 15.7 Å². The van der Waals surface area contributed by atoms with Gasteiger partial charge in [0.1, 0.15) is 23.5 Å². The number of rotatable bonds is 7. The molecule has 3 amide bonds. The summed E-state index contributed by atoms with van der Waals surface area (Å²) in [5.41, 5.74) is 6.94. The molecule has 4 rings (SSSR count). The second kappa shape index (κ2) is 10.6. The Labute approximate surface area is 203 Å². The molecule has 1 aliphatic heterocycles. The van der Waals surface area contributed by atoms with E-state index in [1.165, 1.54) is 24.3 Å². The summed E-state index contributed by atoms with van der Waals surface area (Å²) in [5, 5.41) is 6.84. The summed E-state index contributed by atoms with van der Waals surface area (Å²) in [7, 11) is 0. The van der Waals surface area contributed by atoms with Crippen LogP contribution in [0.2, 0.25) is 0 Å². The highest BCUT2D eigenvalue weighted by atomic mass is 19.1. The molecule has 35 heavy (non-hydrogen) atoms. The van der Waals surface area contributed by atoms with Crippen LogP contribution < -0.4 is 16.4 Å². The Morgan fingerprint density at radius 3 is 2.37 bits per heavy atom. The number of aromatic nitrogens is 2. The number of hydrogen-bond donors (Lipinski definition) is 3. The van der Waals surface area contributed by atoms with Gasteiger partial charge in [0.2, 0.25) is 5.91 Å². The molecule has 1 atom stereocenters. The number of para-hydroxylation sites is 1. The van der Waals surface area contributed by atoms with Gasteiger partial charge in [0.15, 0.2) is 0 Å². The van der Waals surface area contributed by atoms with Gasteiger partial charge in [-0.15, -0.1) is 0 Å². The fourth-order valence-corrected chi connectivity index (χ4v) is 4.06. The van der Waals surface area contributed by atoms with E-state index in [1.807, 2.05) is 38.1 Å². The number of nitrogens with two attached hydrogens (primary N) is 1. The normalized spacial score (nSPS) is 15.3. The van der Waals surface area contributed by atoms with Crippen LogP contribution in [0.4, 0.5) is 20.7 Å². The van der Waals surface area contributed by atoms with Gasteiger partial charge in [-0.05, 0) is 42.3 Å². The van der Waals surface area contributed by atoms with Crippen LogP contribution in [0.5, 0.6) is 0 Å². The maximum absolute atomic E-state index is 13.1. The summed E-state index contributed by atoms with van der Waals surface area (Å²) in [6, 6.07) is 12.6. The number of hydrogen-bond acceptors (Lipinski definition) is 6. The molecular weight excluding hydrogens is 449 g/mol. The van der Waals surface area contributed by atoms with Crippen LogP contribution in [0.15, 0.2) is 48.5 Å². The van der Waals surface area contributed by atoms with Gasteiger partial charge in [-0.25, -0.2) is 19.2 Å². The van der Waals surface area contributed by atoms with Crippen LogP contribution in [0.25, 0.3) is 10.9 Å². The van der Waals surface area contributed by atoms with Gasteiger partial charge >= 0.3 is 6.03 Å². The number of fused-ring (bicyclic) bond motifs is 1. The van der Waals surface area contributed by atoms with Gasteiger partial charge < -0.3 is 21.3 Å². The van der Waals surface area contributed by atoms with Crippen LogP contribution in [0.3, 0.4) is 0 Å². The van der Waals surface area contributed by atoms with Crippen molar-refractivity contribution in [1.82, 2.24) is 19.8 Å². The number of benzene rings is 2. The first kappa shape index (κ1) is 24.3. The lowest BCUT2D eigenvalue weighted by Gasteiger charge is -2.34. The molecule has 3 aromatic rings. The summed E-state index contributed by atoms with van der Waals surface area (Å²) in [5.74, 6) is 0.432. The molecule has 1 aromatic heterocycles. The minimum atomic E-state index is -0.552. The Bertz CT molecular complexity index is 1190. The Morgan fingerprint density at radius 2 is 1.71 bits per heavy atom. The average Bonchev–Trinajstić information content (AvgIpc) is 2.84. The summed E-state index contributed by atoms with van der Waals surface area (Å²) in [6.45, 7) is 6.77. The zero-order chi connectivity index (χ0) is 24.9. The number of anilines is 2. The molecule has 0 saturated carbocycles. The molecule has 0 bridgehead atoms. The standard InChI is InChI=1S/C25H30FN7O2/c1-16(2)22(23(27)34)31-24-19-5-3-4-6-20(19)29-21(30-24)15-32-11-13-33(14-12-32)25(35)28-18-9-7-17(26)8-10-18/h3-10,16,22H,11-15H2,1-2H3,(H2,27,34)(H,28,35)(H,29,30,31)/t22-/m0/s1. The molecule has 4 N–H and O–H groups in total. The summed E-state index contributed by atoms with van der Waals surface area (Å²) < 4.78 is 13.1. The summed E-state index contributed by atoms with van der Waals surface area (Å²) in [4.78, 5) is 37.9. The Hall–Kier alpha value is -3.79. The van der Waals surface area contributed by atoms with E-state index in [-0.39, 0.29) is 17.8 Å². The van der Waals surface area contributed by atoms with Crippen molar-refractivity contribution in [1.29, 1.82) is 0 Å². The van der Waals surface area contributed by atoms with E-state index in [0.717, 1.165) is 10.9 Å². The van der Waals surface area contributed by atoms with Crippen LogP contribution >= 0.6 is 0 Å². The van der Waals surface area contributed by atoms with Crippen molar-refractivity contribution >= 4 is 34.3 Å². The predicted molar refractivity (Wildman–Crippen MR) is 133 cm³/mol. The SMILES string of the molecule is CC(C)[C@H](Nc1nc(CN2CCN(C(=O)Nc3ccc(F)cc3)CC2)nc2ccccc12)C(N)=O. The maximum Gasteiger partial charge on any atom is 0.321 e. The van der Waals surface area contributed by atoms with Gasteiger partial charge in [0.05, 0.1) is 12.1 Å². The average molecular weight is 480 g/mol. The Morgan fingerprint density at radius 1 is 1.03 bits per heavy atom. The van der Waals surface area contributed by atoms with E-state index < -0.39 is 11.9 Å². The lowest BCUT2D eigenvalue weighted by atomic mass is 10.0. The first-order valence-electron chi connectivity index (χ1n) is 11.7. The van der Waals surface area contributed by atoms with Crippen molar-refractivity contribution in [3.63, 3.8) is 0 Å². The number of nitrogens with one attached hydrogen (secondary N) is 2.